The van der Waals surface area contributed by atoms with Crippen molar-refractivity contribution in [2.24, 2.45) is 5.92 Å². The van der Waals surface area contributed by atoms with Crippen molar-refractivity contribution >= 4 is 21.4 Å². The molecule has 120 valence electrons. The Balaban J connectivity index is 2.16. The molecule has 1 N–H and O–H groups in total. The first-order valence-corrected chi connectivity index (χ1v) is 9.97. The minimum Gasteiger partial charge on any atom is -0.310 e. The van der Waals surface area contributed by atoms with E-state index in [0.717, 1.165) is 24.3 Å². The van der Waals surface area contributed by atoms with Crippen LogP contribution in [0.3, 0.4) is 0 Å². The minimum absolute atomic E-state index is 0.145. The van der Waals surface area contributed by atoms with Crippen LogP contribution in [0.1, 0.15) is 45.4 Å². The monoisotopic (exact) mass is 330 g/mol. The van der Waals surface area contributed by atoms with Crippen LogP contribution >= 0.6 is 11.3 Å². The Morgan fingerprint density at radius 1 is 1.38 bits per heavy atom. The second-order valence-corrected chi connectivity index (χ2v) is 9.24. The fourth-order valence-corrected chi connectivity index (χ4v) is 5.80. The summed E-state index contributed by atoms with van der Waals surface area (Å²) in [6.07, 6.45) is 1.94. The zero-order valence-electron chi connectivity index (χ0n) is 13.3. The Bertz CT molecular complexity index is 564. The molecular formula is C15H26N2O2S2. The van der Waals surface area contributed by atoms with E-state index in [9.17, 15) is 8.42 Å². The van der Waals surface area contributed by atoms with Crippen LogP contribution in [0.15, 0.2) is 16.3 Å². The van der Waals surface area contributed by atoms with E-state index in [1.165, 1.54) is 11.3 Å². The summed E-state index contributed by atoms with van der Waals surface area (Å²) in [4.78, 5) is 1.53. The zero-order valence-corrected chi connectivity index (χ0v) is 14.9. The molecule has 4 nitrogen and oxygen atoms in total. The van der Waals surface area contributed by atoms with Gasteiger partial charge in [0.05, 0.1) is 4.90 Å². The lowest BCUT2D eigenvalue weighted by Crippen LogP contribution is -2.38. The van der Waals surface area contributed by atoms with Gasteiger partial charge < -0.3 is 5.32 Å². The number of nitrogens with one attached hydrogen (secondary N) is 1. The highest BCUT2D eigenvalue weighted by molar-refractivity contribution is 7.89. The van der Waals surface area contributed by atoms with Gasteiger partial charge in [-0.1, -0.05) is 27.7 Å². The van der Waals surface area contributed by atoms with Gasteiger partial charge in [-0.25, -0.2) is 8.42 Å². The maximum atomic E-state index is 12.8. The van der Waals surface area contributed by atoms with Crippen LogP contribution in [0.4, 0.5) is 0 Å². The fraction of sp³-hybridized carbons (Fsp3) is 0.733. The number of nitrogens with zero attached hydrogens (tertiary/aromatic N) is 1. The standard InChI is InChI=1S/C15H26N2O2S2/c1-11(2)15-6-5-7-17(15)21(18,19)14-8-13(20-10-14)9-16-12(3)4/h8,10-12,15-16H,5-7,9H2,1-4H3. The Labute approximate surface area is 132 Å². The van der Waals surface area contributed by atoms with Gasteiger partial charge in [-0.3, -0.25) is 0 Å². The molecule has 1 aromatic heterocycles. The maximum absolute atomic E-state index is 12.8. The number of rotatable bonds is 6. The quantitative estimate of drug-likeness (QED) is 0.872. The van der Waals surface area contributed by atoms with E-state index in [1.54, 1.807) is 9.69 Å². The smallest absolute Gasteiger partial charge is 0.244 e. The molecular weight excluding hydrogens is 304 g/mol. The first-order valence-electron chi connectivity index (χ1n) is 7.65. The second-order valence-electron chi connectivity index (χ2n) is 6.35. The van der Waals surface area contributed by atoms with Crippen LogP contribution in [0.2, 0.25) is 0 Å². The van der Waals surface area contributed by atoms with Crippen molar-refractivity contribution in [3.63, 3.8) is 0 Å². The van der Waals surface area contributed by atoms with Gasteiger partial charge >= 0.3 is 0 Å². The predicted octanol–water partition coefficient (Wildman–Crippen LogP) is 3.06. The first-order chi connectivity index (χ1) is 9.82. The Morgan fingerprint density at radius 3 is 2.71 bits per heavy atom. The third-order valence-electron chi connectivity index (χ3n) is 3.94. The van der Waals surface area contributed by atoms with E-state index in [1.807, 2.05) is 6.07 Å². The molecule has 0 saturated carbocycles. The molecule has 1 aliphatic rings. The Morgan fingerprint density at radius 2 is 2.10 bits per heavy atom. The molecule has 1 aromatic rings. The minimum atomic E-state index is -3.33. The molecule has 6 heteroatoms. The third-order valence-corrected chi connectivity index (χ3v) is 6.93. The highest BCUT2D eigenvalue weighted by Gasteiger charge is 2.37. The molecule has 2 rings (SSSR count). The van der Waals surface area contributed by atoms with Gasteiger partial charge in [0.15, 0.2) is 0 Å². The second kappa shape index (κ2) is 6.77. The van der Waals surface area contributed by atoms with E-state index in [4.69, 9.17) is 0 Å². The number of thiophene rings is 1. The molecule has 1 aliphatic heterocycles. The highest BCUT2D eigenvalue weighted by atomic mass is 32.2. The molecule has 0 spiro atoms. The van der Waals surface area contributed by atoms with Gasteiger partial charge in [-0.2, -0.15) is 4.31 Å². The largest absolute Gasteiger partial charge is 0.310 e. The van der Waals surface area contributed by atoms with Crippen molar-refractivity contribution in [3.05, 3.63) is 16.3 Å². The van der Waals surface area contributed by atoms with E-state index < -0.39 is 10.0 Å². The van der Waals surface area contributed by atoms with Gasteiger partial charge in [-0.15, -0.1) is 11.3 Å². The summed E-state index contributed by atoms with van der Waals surface area (Å²) in [5.74, 6) is 0.364. The van der Waals surface area contributed by atoms with Crippen molar-refractivity contribution < 1.29 is 8.42 Å². The van der Waals surface area contributed by atoms with E-state index in [0.29, 0.717) is 23.4 Å². The van der Waals surface area contributed by atoms with Crippen molar-refractivity contribution in [3.8, 4) is 0 Å². The Kier molecular flexibility index (Phi) is 5.46. The maximum Gasteiger partial charge on any atom is 0.244 e. The van der Waals surface area contributed by atoms with Crippen LogP contribution in [0, 0.1) is 5.92 Å². The zero-order chi connectivity index (χ0) is 15.6. The number of sulfonamides is 1. The summed E-state index contributed by atoms with van der Waals surface area (Å²) >= 11 is 1.52. The summed E-state index contributed by atoms with van der Waals surface area (Å²) in [5.41, 5.74) is 0. The fourth-order valence-electron chi connectivity index (χ4n) is 2.76. The molecule has 0 amide bonds. The molecule has 1 fully saturated rings. The van der Waals surface area contributed by atoms with E-state index in [2.05, 4.69) is 33.0 Å². The van der Waals surface area contributed by atoms with Crippen molar-refractivity contribution in [2.75, 3.05) is 6.54 Å². The van der Waals surface area contributed by atoms with E-state index >= 15 is 0 Å². The SMILES string of the molecule is CC(C)NCc1cc(S(=O)(=O)N2CCCC2C(C)C)cs1. The van der Waals surface area contributed by atoms with Crippen LogP contribution in [0.5, 0.6) is 0 Å². The molecule has 0 bridgehead atoms. The van der Waals surface area contributed by atoms with Crippen LogP contribution in [-0.2, 0) is 16.6 Å². The Hall–Kier alpha value is -0.430. The predicted molar refractivity (Wildman–Crippen MR) is 88.0 cm³/mol. The van der Waals surface area contributed by atoms with Gasteiger partial charge in [0, 0.05) is 35.4 Å². The number of hydrogen-bond acceptors (Lipinski definition) is 4. The van der Waals surface area contributed by atoms with Gasteiger partial charge in [-0.05, 0) is 24.8 Å². The van der Waals surface area contributed by atoms with Crippen molar-refractivity contribution in [2.45, 2.75) is 64.1 Å². The summed E-state index contributed by atoms with van der Waals surface area (Å²) in [6.45, 7) is 9.76. The first kappa shape index (κ1) is 16.9. The average molecular weight is 331 g/mol. The topological polar surface area (TPSA) is 49.4 Å². The lowest BCUT2D eigenvalue weighted by atomic mass is 10.0. The van der Waals surface area contributed by atoms with Crippen LogP contribution in [-0.4, -0.2) is 31.4 Å². The number of hydrogen-bond donors (Lipinski definition) is 1. The summed E-state index contributed by atoms with van der Waals surface area (Å²) in [5, 5.41) is 5.11. The van der Waals surface area contributed by atoms with E-state index in [-0.39, 0.29) is 6.04 Å². The molecule has 2 heterocycles. The van der Waals surface area contributed by atoms with Crippen LogP contribution in [0.25, 0.3) is 0 Å². The lowest BCUT2D eigenvalue weighted by molar-refractivity contribution is 0.316. The molecule has 1 saturated heterocycles. The van der Waals surface area contributed by atoms with Gasteiger partial charge in [0.1, 0.15) is 0 Å². The average Bonchev–Trinajstić information content (AvgIpc) is 3.05. The third kappa shape index (κ3) is 3.86. The highest BCUT2D eigenvalue weighted by Crippen LogP contribution is 2.31. The van der Waals surface area contributed by atoms with Gasteiger partial charge in [0.25, 0.3) is 0 Å². The van der Waals surface area contributed by atoms with Crippen LogP contribution < -0.4 is 5.32 Å². The molecule has 1 atom stereocenters. The molecule has 21 heavy (non-hydrogen) atoms. The van der Waals surface area contributed by atoms with Crippen molar-refractivity contribution in [1.29, 1.82) is 0 Å². The summed E-state index contributed by atoms with van der Waals surface area (Å²) in [7, 11) is -3.33. The molecule has 0 aromatic carbocycles. The molecule has 0 aliphatic carbocycles. The summed E-state index contributed by atoms with van der Waals surface area (Å²) < 4.78 is 27.3. The lowest BCUT2D eigenvalue weighted by Gasteiger charge is -2.26. The molecule has 0 radical (unpaired) electrons. The van der Waals surface area contributed by atoms with Gasteiger partial charge in [0.2, 0.25) is 10.0 Å². The van der Waals surface area contributed by atoms with Crippen molar-refractivity contribution in [1.82, 2.24) is 9.62 Å². The normalized spacial score (nSPS) is 20.8. The molecule has 1 unspecified atom stereocenters. The summed E-state index contributed by atoms with van der Waals surface area (Å²) in [6, 6.07) is 2.37.